The van der Waals surface area contributed by atoms with Crippen molar-refractivity contribution in [3.8, 4) is 5.95 Å². The van der Waals surface area contributed by atoms with Crippen molar-refractivity contribution in [2.75, 3.05) is 0 Å². The van der Waals surface area contributed by atoms with E-state index in [0.717, 1.165) is 5.56 Å². The van der Waals surface area contributed by atoms with Crippen molar-refractivity contribution in [1.82, 2.24) is 24.8 Å². The fourth-order valence-electron chi connectivity index (χ4n) is 2.71. The van der Waals surface area contributed by atoms with Crippen molar-refractivity contribution in [3.63, 3.8) is 0 Å². The summed E-state index contributed by atoms with van der Waals surface area (Å²) >= 11 is 0. The molecule has 28 heavy (non-hydrogen) atoms. The zero-order valence-electron chi connectivity index (χ0n) is 15.1. The summed E-state index contributed by atoms with van der Waals surface area (Å²) in [6.45, 7) is 1.75. The van der Waals surface area contributed by atoms with Crippen LogP contribution in [0.25, 0.3) is 5.95 Å². The Morgan fingerprint density at radius 1 is 1.07 bits per heavy atom. The number of aryl methyl sites for hydroxylation is 1. The highest BCUT2D eigenvalue weighted by atomic mass is 16.2. The summed E-state index contributed by atoms with van der Waals surface area (Å²) in [7, 11) is 0. The summed E-state index contributed by atoms with van der Waals surface area (Å²) in [5.74, 6) is -2.38. The van der Waals surface area contributed by atoms with Crippen molar-refractivity contribution >= 4 is 17.6 Å². The van der Waals surface area contributed by atoms with Crippen LogP contribution in [-0.2, 0) is 16.0 Å². The number of nitrogens with zero attached hydrogens (tertiary/aromatic N) is 4. The Morgan fingerprint density at radius 3 is 2.39 bits per heavy atom. The first kappa shape index (κ1) is 18.9. The number of nitrogens with two attached hydrogens (primary N) is 1. The molecule has 0 aliphatic rings. The van der Waals surface area contributed by atoms with Crippen LogP contribution in [0.3, 0.4) is 0 Å². The summed E-state index contributed by atoms with van der Waals surface area (Å²) in [4.78, 5) is 48.8. The molecule has 2 aromatic heterocycles. The molecular formula is C19H18N6O3. The lowest BCUT2D eigenvalue weighted by molar-refractivity contribution is -0.137. The molecule has 2 amide bonds. The summed E-state index contributed by atoms with van der Waals surface area (Å²) in [5.41, 5.74) is 6.56. The second kappa shape index (κ2) is 8.21. The van der Waals surface area contributed by atoms with E-state index in [0.29, 0.717) is 5.69 Å². The average Bonchev–Trinajstić information content (AvgIpc) is 3.09. The van der Waals surface area contributed by atoms with Gasteiger partial charge in [0, 0.05) is 30.7 Å². The molecule has 1 aromatic carbocycles. The molecule has 0 saturated heterocycles. The minimum Gasteiger partial charge on any atom is -0.363 e. The number of carbonyl (C=O) groups excluding carboxylic acids is 3. The molecular weight excluding hydrogens is 360 g/mol. The number of imidazole rings is 1. The molecule has 9 nitrogen and oxygen atoms in total. The topological polar surface area (TPSA) is 133 Å². The summed E-state index contributed by atoms with van der Waals surface area (Å²) in [6.07, 6.45) is 4.69. The molecule has 0 bridgehead atoms. The third-order valence-electron chi connectivity index (χ3n) is 4.04. The van der Waals surface area contributed by atoms with Gasteiger partial charge < -0.3 is 11.1 Å². The average molecular weight is 378 g/mol. The second-order valence-corrected chi connectivity index (χ2v) is 6.05. The van der Waals surface area contributed by atoms with E-state index in [2.05, 4.69) is 20.3 Å². The molecule has 0 saturated carbocycles. The Morgan fingerprint density at radius 2 is 1.75 bits per heavy atom. The molecule has 2 heterocycles. The summed E-state index contributed by atoms with van der Waals surface area (Å²) < 4.78 is 1.46. The highest BCUT2D eigenvalue weighted by molar-refractivity contribution is 6.38. The Hall–Kier alpha value is -3.88. The van der Waals surface area contributed by atoms with Crippen LogP contribution in [0.2, 0.25) is 0 Å². The van der Waals surface area contributed by atoms with Gasteiger partial charge >= 0.3 is 0 Å². The quantitative estimate of drug-likeness (QED) is 0.571. The standard InChI is InChI=1S/C19H18N6O3/c1-12-11-23-17(25(12)19-21-8-5-9-22-19)18(28)24-14(15(26)16(20)27)10-13-6-3-2-4-7-13/h2-9,11,14H,10H2,1H3,(H2,20,27)(H,24,28). The molecule has 0 aliphatic heterocycles. The van der Waals surface area contributed by atoms with Crippen LogP contribution in [-0.4, -0.2) is 43.2 Å². The Labute approximate surface area is 160 Å². The van der Waals surface area contributed by atoms with Gasteiger partial charge in [-0.2, -0.15) is 0 Å². The number of aromatic nitrogens is 4. The Balaban J connectivity index is 1.89. The lowest BCUT2D eigenvalue weighted by Crippen LogP contribution is -2.47. The van der Waals surface area contributed by atoms with Crippen molar-refractivity contribution in [2.45, 2.75) is 19.4 Å². The van der Waals surface area contributed by atoms with Crippen molar-refractivity contribution in [3.05, 3.63) is 72.1 Å². The van der Waals surface area contributed by atoms with Gasteiger partial charge in [-0.15, -0.1) is 0 Å². The third kappa shape index (κ3) is 4.09. The number of hydrogen-bond donors (Lipinski definition) is 2. The zero-order chi connectivity index (χ0) is 20.1. The minimum atomic E-state index is -1.12. The van der Waals surface area contributed by atoms with Gasteiger partial charge in [0.2, 0.25) is 17.6 Å². The molecule has 142 valence electrons. The van der Waals surface area contributed by atoms with Crippen molar-refractivity contribution in [2.24, 2.45) is 5.73 Å². The van der Waals surface area contributed by atoms with E-state index in [1.165, 1.54) is 23.2 Å². The van der Waals surface area contributed by atoms with Gasteiger partial charge in [0.25, 0.3) is 11.8 Å². The molecule has 0 fully saturated rings. The monoisotopic (exact) mass is 378 g/mol. The number of benzene rings is 1. The SMILES string of the molecule is Cc1cnc(C(=O)NC(Cc2ccccc2)C(=O)C(N)=O)n1-c1ncccn1. The van der Waals surface area contributed by atoms with Crippen LogP contribution in [0.5, 0.6) is 0 Å². The van der Waals surface area contributed by atoms with E-state index < -0.39 is 23.6 Å². The van der Waals surface area contributed by atoms with Crippen LogP contribution < -0.4 is 11.1 Å². The van der Waals surface area contributed by atoms with Gasteiger partial charge in [-0.3, -0.25) is 19.0 Å². The third-order valence-corrected chi connectivity index (χ3v) is 4.04. The number of nitrogens with one attached hydrogen (secondary N) is 1. The van der Waals surface area contributed by atoms with Gasteiger partial charge in [0.15, 0.2) is 0 Å². The van der Waals surface area contributed by atoms with Crippen molar-refractivity contribution in [1.29, 1.82) is 0 Å². The smallest absolute Gasteiger partial charge is 0.288 e. The molecule has 1 atom stereocenters. The first-order valence-corrected chi connectivity index (χ1v) is 8.47. The second-order valence-electron chi connectivity index (χ2n) is 6.05. The molecule has 0 spiro atoms. The first-order valence-electron chi connectivity index (χ1n) is 8.47. The fraction of sp³-hybridized carbons (Fsp3) is 0.158. The van der Waals surface area contributed by atoms with E-state index in [-0.39, 0.29) is 18.2 Å². The number of rotatable bonds is 7. The van der Waals surface area contributed by atoms with E-state index in [4.69, 9.17) is 5.73 Å². The van der Waals surface area contributed by atoms with Crippen LogP contribution >= 0.6 is 0 Å². The minimum absolute atomic E-state index is 0.000896. The maximum absolute atomic E-state index is 12.8. The number of Topliss-reactive ketones (excluding diaryl/α,β-unsaturated/α-hetero) is 1. The van der Waals surface area contributed by atoms with E-state index in [1.54, 1.807) is 37.3 Å². The van der Waals surface area contributed by atoms with Crippen LogP contribution in [0, 0.1) is 6.92 Å². The maximum Gasteiger partial charge on any atom is 0.288 e. The number of carbonyl (C=O) groups is 3. The number of amides is 2. The molecule has 0 aliphatic carbocycles. The van der Waals surface area contributed by atoms with Crippen LogP contribution in [0.4, 0.5) is 0 Å². The lowest BCUT2D eigenvalue weighted by Gasteiger charge is -2.16. The molecule has 3 rings (SSSR count). The van der Waals surface area contributed by atoms with E-state index in [9.17, 15) is 14.4 Å². The summed E-state index contributed by atoms with van der Waals surface area (Å²) in [6, 6.07) is 9.53. The van der Waals surface area contributed by atoms with Crippen LogP contribution in [0.15, 0.2) is 55.0 Å². The predicted octanol–water partition coefficient (Wildman–Crippen LogP) is 0.366. The maximum atomic E-state index is 12.8. The van der Waals surface area contributed by atoms with Gasteiger partial charge in [-0.05, 0) is 18.6 Å². The molecule has 0 radical (unpaired) electrons. The normalized spacial score (nSPS) is 11.6. The van der Waals surface area contributed by atoms with Gasteiger partial charge in [0.1, 0.15) is 6.04 Å². The van der Waals surface area contributed by atoms with Gasteiger partial charge in [-0.1, -0.05) is 30.3 Å². The first-order chi connectivity index (χ1) is 13.5. The van der Waals surface area contributed by atoms with Crippen LogP contribution in [0.1, 0.15) is 21.9 Å². The Kier molecular flexibility index (Phi) is 5.54. The molecule has 1 unspecified atom stereocenters. The van der Waals surface area contributed by atoms with E-state index >= 15 is 0 Å². The van der Waals surface area contributed by atoms with Gasteiger partial charge in [-0.25, -0.2) is 15.0 Å². The highest BCUT2D eigenvalue weighted by Crippen LogP contribution is 2.11. The zero-order valence-corrected chi connectivity index (χ0v) is 15.1. The number of ketones is 1. The molecule has 3 aromatic rings. The number of primary amides is 1. The van der Waals surface area contributed by atoms with Gasteiger partial charge in [0.05, 0.1) is 0 Å². The number of hydrogen-bond acceptors (Lipinski definition) is 6. The largest absolute Gasteiger partial charge is 0.363 e. The predicted molar refractivity (Wildman–Crippen MR) is 99.5 cm³/mol. The van der Waals surface area contributed by atoms with Crippen molar-refractivity contribution < 1.29 is 14.4 Å². The molecule has 9 heteroatoms. The Bertz CT molecular complexity index is 1000. The fourth-order valence-corrected chi connectivity index (χ4v) is 2.71. The molecule has 3 N–H and O–H groups in total. The lowest BCUT2D eigenvalue weighted by atomic mass is 10.0. The van der Waals surface area contributed by atoms with E-state index in [1.807, 2.05) is 6.07 Å². The summed E-state index contributed by atoms with van der Waals surface area (Å²) in [5, 5.41) is 2.56. The highest BCUT2D eigenvalue weighted by Gasteiger charge is 2.28.